The molecule has 0 radical (unpaired) electrons. The maximum absolute atomic E-state index is 14.1. The number of nitrogens with one attached hydrogen (secondary N) is 1. The second kappa shape index (κ2) is 8.84. The number of aromatic amines is 1. The molecular weight excluding hydrogens is 454 g/mol. The van der Waals surface area contributed by atoms with Crippen molar-refractivity contribution in [3.05, 3.63) is 77.6 Å². The molecule has 4 rings (SSSR count). The van der Waals surface area contributed by atoms with Gasteiger partial charge in [0.1, 0.15) is 17.2 Å². The molecule has 0 aliphatic carbocycles. The first kappa shape index (κ1) is 22.8. The summed E-state index contributed by atoms with van der Waals surface area (Å²) in [5, 5.41) is 13.5. The molecule has 1 atom stereocenters. The van der Waals surface area contributed by atoms with Crippen LogP contribution in [0.15, 0.2) is 53.9 Å². The first-order valence-electron chi connectivity index (χ1n) is 9.85. The smallest absolute Gasteiger partial charge is 0.361 e. The third-order valence-electron chi connectivity index (χ3n) is 5.05. The molecule has 0 fully saturated rings. The van der Waals surface area contributed by atoms with E-state index in [2.05, 4.69) is 30.3 Å². The van der Waals surface area contributed by atoms with E-state index in [4.69, 9.17) is 11.1 Å². The third kappa shape index (κ3) is 4.40. The summed E-state index contributed by atoms with van der Waals surface area (Å²) in [7, 11) is 0. The fourth-order valence-electron chi connectivity index (χ4n) is 3.29. The van der Waals surface area contributed by atoms with Crippen LogP contribution in [0.4, 0.5) is 17.6 Å². The molecule has 0 amide bonds. The van der Waals surface area contributed by atoms with Crippen LogP contribution < -0.4 is 11.1 Å². The summed E-state index contributed by atoms with van der Waals surface area (Å²) in [6, 6.07) is 7.79. The topological polar surface area (TPSA) is 136 Å². The van der Waals surface area contributed by atoms with Crippen LogP contribution in [-0.2, 0) is 6.18 Å². The van der Waals surface area contributed by atoms with Crippen LogP contribution in [0.25, 0.3) is 16.8 Å². The van der Waals surface area contributed by atoms with Crippen LogP contribution in [0.1, 0.15) is 35.7 Å². The molecule has 13 heteroatoms. The zero-order valence-electron chi connectivity index (χ0n) is 17.6. The molecule has 1 unspecified atom stereocenters. The van der Waals surface area contributed by atoms with E-state index in [0.29, 0.717) is 22.6 Å². The Morgan fingerprint density at radius 2 is 1.94 bits per heavy atom. The predicted molar refractivity (Wildman–Crippen MR) is 114 cm³/mol. The van der Waals surface area contributed by atoms with Crippen LogP contribution in [0.2, 0.25) is 0 Å². The number of halogens is 4. The largest absolute Gasteiger partial charge is 0.451 e. The van der Waals surface area contributed by atoms with E-state index in [1.165, 1.54) is 10.7 Å². The second-order valence-electron chi connectivity index (χ2n) is 7.23. The molecule has 3 aromatic heterocycles. The predicted octanol–water partition coefficient (Wildman–Crippen LogP) is 1.85. The Kier molecular flexibility index (Phi) is 5.92. The highest BCUT2D eigenvalue weighted by atomic mass is 19.4. The first-order valence-corrected chi connectivity index (χ1v) is 9.85. The lowest BCUT2D eigenvalue weighted by atomic mass is 10.0. The number of aromatic nitrogens is 6. The quantitative estimate of drug-likeness (QED) is 0.224. The van der Waals surface area contributed by atoms with E-state index in [1.54, 1.807) is 30.5 Å². The van der Waals surface area contributed by atoms with Crippen molar-refractivity contribution >= 4 is 12.2 Å². The number of alkyl halides is 3. The molecule has 174 valence electrons. The van der Waals surface area contributed by atoms with Gasteiger partial charge in [-0.25, -0.2) is 19.0 Å². The second-order valence-corrected chi connectivity index (χ2v) is 7.23. The number of benzene rings is 1. The van der Waals surface area contributed by atoms with Crippen molar-refractivity contribution in [1.82, 2.24) is 29.9 Å². The van der Waals surface area contributed by atoms with Gasteiger partial charge in [0.05, 0.1) is 11.9 Å². The van der Waals surface area contributed by atoms with Gasteiger partial charge in [-0.1, -0.05) is 24.3 Å². The molecule has 0 aliphatic rings. The zero-order valence-corrected chi connectivity index (χ0v) is 17.6. The van der Waals surface area contributed by atoms with E-state index in [9.17, 15) is 17.6 Å². The SMILES string of the molecule is CC(c1cn(-c2ccccc2F)nn1)c1cc(-c2cnc(C(F)(F)F)nc2)c(C(N)=NC=[NH2+])[nH]1. The molecule has 0 aliphatic heterocycles. The van der Waals surface area contributed by atoms with Gasteiger partial charge in [-0.05, 0) is 23.2 Å². The average molecular weight is 472 g/mol. The van der Waals surface area contributed by atoms with Crippen LogP contribution in [-0.4, -0.2) is 42.1 Å². The minimum Gasteiger partial charge on any atom is -0.361 e. The molecule has 34 heavy (non-hydrogen) atoms. The van der Waals surface area contributed by atoms with Crippen molar-refractivity contribution in [3.63, 3.8) is 0 Å². The van der Waals surface area contributed by atoms with Crippen molar-refractivity contribution in [1.29, 1.82) is 0 Å². The Morgan fingerprint density at radius 3 is 2.59 bits per heavy atom. The molecule has 0 bridgehead atoms. The molecule has 0 saturated heterocycles. The highest BCUT2D eigenvalue weighted by Gasteiger charge is 2.34. The van der Waals surface area contributed by atoms with Crippen molar-refractivity contribution in [2.75, 3.05) is 0 Å². The zero-order chi connectivity index (χ0) is 24.5. The van der Waals surface area contributed by atoms with Gasteiger partial charge >= 0.3 is 6.18 Å². The van der Waals surface area contributed by atoms with Crippen LogP contribution in [0.5, 0.6) is 0 Å². The molecular formula is C21H18F4N9+. The van der Waals surface area contributed by atoms with E-state index >= 15 is 0 Å². The summed E-state index contributed by atoms with van der Waals surface area (Å²) in [5.74, 6) is -2.09. The summed E-state index contributed by atoms with van der Waals surface area (Å²) in [5.41, 5.74) is 8.35. The molecule has 3 heterocycles. The van der Waals surface area contributed by atoms with Crippen LogP contribution in [0.3, 0.4) is 0 Å². The van der Waals surface area contributed by atoms with Gasteiger partial charge in [0, 0.05) is 35.1 Å². The minimum atomic E-state index is -4.67. The lowest BCUT2D eigenvalue weighted by Gasteiger charge is -2.05. The fourth-order valence-corrected chi connectivity index (χ4v) is 3.29. The standard InChI is InChI=1S/C21H17F4N9/c1-11(16-9-34(33-32-16)17-5-3-2-4-14(17)22)15-6-13(18(31-15)19(27)30-10-26)12-7-28-20(29-8-12)21(23,24)25/h2-11,31H,1H3,(H3,26,27,30)/p+1. The number of H-pyrrole nitrogens is 1. The number of hydrogen-bond donors (Lipinski definition) is 3. The summed E-state index contributed by atoms with van der Waals surface area (Å²) in [6.45, 7) is 1.82. The molecule has 0 saturated carbocycles. The van der Waals surface area contributed by atoms with Crippen molar-refractivity contribution < 1.29 is 23.0 Å². The van der Waals surface area contributed by atoms with E-state index in [0.717, 1.165) is 18.7 Å². The fraction of sp³-hybridized carbons (Fsp3) is 0.143. The minimum absolute atomic E-state index is 0.00542. The molecule has 5 N–H and O–H groups in total. The number of rotatable bonds is 6. The summed E-state index contributed by atoms with van der Waals surface area (Å²) in [4.78, 5) is 13.8. The van der Waals surface area contributed by atoms with Gasteiger partial charge in [0.25, 0.3) is 12.2 Å². The summed E-state index contributed by atoms with van der Waals surface area (Å²) >= 11 is 0. The number of nitrogens with zero attached hydrogens (tertiary/aromatic N) is 6. The summed E-state index contributed by atoms with van der Waals surface area (Å²) < 4.78 is 54.0. The third-order valence-corrected chi connectivity index (χ3v) is 5.05. The monoisotopic (exact) mass is 472 g/mol. The van der Waals surface area contributed by atoms with Crippen molar-refractivity contribution in [2.24, 2.45) is 10.7 Å². The Bertz CT molecular complexity index is 1350. The van der Waals surface area contributed by atoms with E-state index in [-0.39, 0.29) is 23.0 Å². The highest BCUT2D eigenvalue weighted by molar-refractivity contribution is 6.04. The summed E-state index contributed by atoms with van der Waals surface area (Å²) in [6.07, 6.45) is -0.00414. The Labute approximate surface area is 189 Å². The van der Waals surface area contributed by atoms with Gasteiger partial charge in [-0.3, -0.25) is 5.41 Å². The molecule has 4 aromatic rings. The van der Waals surface area contributed by atoms with Gasteiger partial charge < -0.3 is 10.7 Å². The Balaban J connectivity index is 1.73. The maximum Gasteiger partial charge on any atom is 0.451 e. The normalized spacial score (nSPS) is 13.1. The van der Waals surface area contributed by atoms with Gasteiger partial charge in [0.15, 0.2) is 0 Å². The van der Waals surface area contributed by atoms with Crippen molar-refractivity contribution in [3.8, 4) is 16.8 Å². The van der Waals surface area contributed by atoms with E-state index in [1.807, 2.05) is 6.92 Å². The number of aliphatic imine (C=N–C) groups is 1. The van der Waals surface area contributed by atoms with Gasteiger partial charge in [-0.2, -0.15) is 13.2 Å². The number of para-hydroxylation sites is 1. The number of nitrogens with two attached hydrogens (primary N) is 2. The molecule has 0 spiro atoms. The van der Waals surface area contributed by atoms with Gasteiger partial charge in [0.2, 0.25) is 5.82 Å². The van der Waals surface area contributed by atoms with Crippen LogP contribution in [0, 0.1) is 5.82 Å². The lowest BCUT2D eigenvalue weighted by molar-refractivity contribution is -0.145. The highest BCUT2D eigenvalue weighted by Crippen LogP contribution is 2.32. The first-order chi connectivity index (χ1) is 16.2. The van der Waals surface area contributed by atoms with Crippen molar-refractivity contribution in [2.45, 2.75) is 19.0 Å². The van der Waals surface area contributed by atoms with E-state index < -0.39 is 17.8 Å². The lowest BCUT2D eigenvalue weighted by Crippen LogP contribution is -2.30. The molecule has 1 aromatic carbocycles. The number of hydrogen-bond acceptors (Lipinski definition) is 4. The maximum atomic E-state index is 14.1. The number of amidine groups is 1. The Hall–Kier alpha value is -4.42. The van der Waals surface area contributed by atoms with Gasteiger partial charge in [-0.15, -0.1) is 5.10 Å². The average Bonchev–Trinajstić information content (AvgIpc) is 3.47. The Morgan fingerprint density at radius 1 is 1.24 bits per heavy atom. The van der Waals surface area contributed by atoms with Crippen LogP contribution >= 0.6 is 0 Å². The molecule has 9 nitrogen and oxygen atoms in total.